The van der Waals surface area contributed by atoms with E-state index in [-0.39, 0.29) is 18.8 Å². The van der Waals surface area contributed by atoms with Crippen molar-refractivity contribution in [1.29, 1.82) is 0 Å². The van der Waals surface area contributed by atoms with Gasteiger partial charge in [-0.05, 0) is 31.5 Å². The summed E-state index contributed by atoms with van der Waals surface area (Å²) in [5.41, 5.74) is -0.00539. The summed E-state index contributed by atoms with van der Waals surface area (Å²) in [7, 11) is -4.87. The second kappa shape index (κ2) is 7.25. The predicted molar refractivity (Wildman–Crippen MR) is 74.2 cm³/mol. The monoisotopic (exact) mass is 361 g/mol. The predicted octanol–water partition coefficient (Wildman–Crippen LogP) is 4.56. The molecular weight excluding hydrogens is 344 g/mol. The summed E-state index contributed by atoms with van der Waals surface area (Å²) in [5.74, 6) is 0. The van der Waals surface area contributed by atoms with Crippen molar-refractivity contribution < 1.29 is 35.6 Å². The number of halogens is 5. The van der Waals surface area contributed by atoms with Gasteiger partial charge in [0.1, 0.15) is 6.04 Å². The highest BCUT2D eigenvalue weighted by Gasteiger charge is 2.58. The third kappa shape index (κ3) is 4.29. The van der Waals surface area contributed by atoms with Crippen molar-refractivity contribution in [3.8, 4) is 0 Å². The van der Waals surface area contributed by atoms with Gasteiger partial charge < -0.3 is 14.8 Å². The van der Waals surface area contributed by atoms with Gasteiger partial charge in [0.05, 0.1) is 18.8 Å². The first-order chi connectivity index (χ1) is 10.5. The molecule has 0 aliphatic carbocycles. The Morgan fingerprint density at radius 1 is 1.04 bits per heavy atom. The summed E-state index contributed by atoms with van der Waals surface area (Å²) >= 11 is 0. The molecule has 0 spiro atoms. The van der Waals surface area contributed by atoms with Gasteiger partial charge in [-0.3, -0.25) is 4.57 Å². The third-order valence-electron chi connectivity index (χ3n) is 2.93. The number of alkyl halides is 5. The maximum Gasteiger partial charge on any atom is 0.416 e. The zero-order valence-corrected chi connectivity index (χ0v) is 13.3. The van der Waals surface area contributed by atoms with Crippen LogP contribution in [0, 0.1) is 0 Å². The Bertz CT molecular complexity index is 552. The molecule has 0 unspecified atom stereocenters. The lowest BCUT2D eigenvalue weighted by molar-refractivity contribution is -0.137. The fourth-order valence-electron chi connectivity index (χ4n) is 1.80. The zero-order valence-electron chi connectivity index (χ0n) is 12.4. The molecule has 0 saturated carbocycles. The van der Waals surface area contributed by atoms with E-state index >= 15 is 0 Å². The lowest BCUT2D eigenvalue weighted by Crippen LogP contribution is -2.34. The molecule has 0 radical (unpaired) electrons. The second-order valence-corrected chi connectivity index (χ2v) is 6.63. The van der Waals surface area contributed by atoms with Crippen molar-refractivity contribution in [2.24, 2.45) is 5.73 Å². The Morgan fingerprint density at radius 2 is 1.48 bits per heavy atom. The molecule has 4 nitrogen and oxygen atoms in total. The first-order valence-corrected chi connectivity index (χ1v) is 8.23. The van der Waals surface area contributed by atoms with Crippen molar-refractivity contribution in [3.05, 3.63) is 35.4 Å². The van der Waals surface area contributed by atoms with Crippen molar-refractivity contribution in [3.63, 3.8) is 0 Å². The normalized spacial score (nSPS) is 14.8. The minimum Gasteiger partial charge on any atom is -0.318 e. The van der Waals surface area contributed by atoms with Crippen LogP contribution in [0.5, 0.6) is 0 Å². The fraction of sp³-hybridized carbons (Fsp3) is 0.538. The Hall–Kier alpha value is -1.02. The summed E-state index contributed by atoms with van der Waals surface area (Å²) in [6.45, 7) is 2.11. The molecule has 1 aromatic carbocycles. The molecule has 1 atom stereocenters. The minimum absolute atomic E-state index is 0.299. The smallest absolute Gasteiger partial charge is 0.318 e. The van der Waals surface area contributed by atoms with Gasteiger partial charge in [-0.2, -0.15) is 22.0 Å². The van der Waals surface area contributed by atoms with Crippen molar-refractivity contribution in [2.75, 3.05) is 13.2 Å². The van der Waals surface area contributed by atoms with Crippen molar-refractivity contribution >= 4 is 7.60 Å². The van der Waals surface area contributed by atoms with Crippen LogP contribution in [-0.2, 0) is 19.8 Å². The van der Waals surface area contributed by atoms with Crippen LogP contribution in [0.2, 0.25) is 0 Å². The average Bonchev–Trinajstić information content (AvgIpc) is 2.46. The van der Waals surface area contributed by atoms with Gasteiger partial charge in [0.15, 0.2) is 0 Å². The van der Waals surface area contributed by atoms with E-state index in [1.54, 1.807) is 0 Å². The number of rotatable bonds is 7. The maximum absolute atomic E-state index is 14.4. The molecule has 0 fully saturated rings. The molecular formula is C13H17F5NO3P. The lowest BCUT2D eigenvalue weighted by atomic mass is 10.1. The van der Waals surface area contributed by atoms with Crippen LogP contribution >= 0.6 is 7.60 Å². The molecule has 10 heteroatoms. The van der Waals surface area contributed by atoms with Gasteiger partial charge in [-0.1, -0.05) is 12.1 Å². The van der Waals surface area contributed by atoms with Crippen LogP contribution in [0.25, 0.3) is 0 Å². The van der Waals surface area contributed by atoms with Gasteiger partial charge in [0, 0.05) is 0 Å². The van der Waals surface area contributed by atoms with Crippen LogP contribution < -0.4 is 5.73 Å². The molecule has 2 N–H and O–H groups in total. The fourth-order valence-corrected chi connectivity index (χ4v) is 3.39. The van der Waals surface area contributed by atoms with Gasteiger partial charge in [0.2, 0.25) is 0 Å². The molecule has 23 heavy (non-hydrogen) atoms. The molecule has 1 rings (SSSR count). The summed E-state index contributed by atoms with van der Waals surface area (Å²) < 4.78 is 87.6. The van der Waals surface area contributed by atoms with E-state index in [0.717, 1.165) is 12.1 Å². The van der Waals surface area contributed by atoms with Gasteiger partial charge >= 0.3 is 19.4 Å². The molecule has 1 aromatic rings. The molecule has 0 amide bonds. The van der Waals surface area contributed by atoms with Gasteiger partial charge in [-0.25, -0.2) is 0 Å². The SMILES string of the molecule is CCOP(=O)(OCC)C(F)(F)[C@H](N)c1ccc(C(F)(F)F)cc1. The Labute approximate surface area is 130 Å². The molecule has 0 bridgehead atoms. The largest absolute Gasteiger partial charge is 0.416 e. The topological polar surface area (TPSA) is 61.5 Å². The second-order valence-electron chi connectivity index (χ2n) is 4.52. The highest BCUT2D eigenvalue weighted by molar-refractivity contribution is 7.55. The quantitative estimate of drug-likeness (QED) is 0.571. The van der Waals surface area contributed by atoms with E-state index in [1.807, 2.05) is 0 Å². The Kier molecular flexibility index (Phi) is 6.32. The van der Waals surface area contributed by atoms with Crippen LogP contribution in [0.4, 0.5) is 22.0 Å². The third-order valence-corrected chi connectivity index (χ3v) is 5.14. The first-order valence-electron chi connectivity index (χ1n) is 6.69. The van der Waals surface area contributed by atoms with E-state index in [1.165, 1.54) is 13.8 Å². The van der Waals surface area contributed by atoms with Crippen LogP contribution in [0.15, 0.2) is 24.3 Å². The van der Waals surface area contributed by atoms with E-state index in [4.69, 9.17) is 5.73 Å². The standard InChI is InChI=1S/C13H17F5NO3P/c1-3-21-23(20,22-4-2)13(17,18)11(19)9-5-7-10(8-6-9)12(14,15)16/h5-8,11H,3-4,19H2,1-2H3/t11-/m1/s1. The zero-order chi connectivity index (χ0) is 17.9. The van der Waals surface area contributed by atoms with Gasteiger partial charge in [0.25, 0.3) is 0 Å². The summed E-state index contributed by atoms with van der Waals surface area (Å²) in [4.78, 5) is 0. The van der Waals surface area contributed by atoms with E-state index in [9.17, 15) is 26.5 Å². The summed E-state index contributed by atoms with van der Waals surface area (Å²) in [5, 5.41) is 0. The Balaban J connectivity index is 3.14. The molecule has 0 aliphatic rings. The average molecular weight is 361 g/mol. The lowest BCUT2D eigenvalue weighted by Gasteiger charge is -2.30. The van der Waals surface area contributed by atoms with E-state index in [2.05, 4.69) is 9.05 Å². The molecule has 0 aromatic heterocycles. The number of hydrogen-bond acceptors (Lipinski definition) is 4. The summed E-state index contributed by atoms with van der Waals surface area (Å²) in [6, 6.07) is 0.719. The van der Waals surface area contributed by atoms with Crippen LogP contribution in [0.3, 0.4) is 0 Å². The first kappa shape index (κ1) is 20.0. The van der Waals surface area contributed by atoms with Crippen LogP contribution in [-0.4, -0.2) is 18.9 Å². The van der Waals surface area contributed by atoms with Crippen LogP contribution in [0.1, 0.15) is 31.0 Å². The number of nitrogens with two attached hydrogens (primary N) is 1. The van der Waals surface area contributed by atoms with Crippen molar-refractivity contribution in [1.82, 2.24) is 0 Å². The molecule has 0 aliphatic heterocycles. The molecule has 0 heterocycles. The summed E-state index contributed by atoms with van der Waals surface area (Å²) in [6.07, 6.45) is -4.60. The molecule has 132 valence electrons. The van der Waals surface area contributed by atoms with Crippen molar-refractivity contribution in [2.45, 2.75) is 31.7 Å². The highest BCUT2D eigenvalue weighted by Crippen LogP contribution is 2.65. The Morgan fingerprint density at radius 3 is 1.83 bits per heavy atom. The van der Waals surface area contributed by atoms with E-state index < -0.39 is 31.0 Å². The molecule has 0 saturated heterocycles. The number of benzene rings is 1. The number of hydrogen-bond donors (Lipinski definition) is 1. The highest BCUT2D eigenvalue weighted by atomic mass is 31.2. The van der Waals surface area contributed by atoms with E-state index in [0.29, 0.717) is 12.1 Å². The maximum atomic E-state index is 14.4. The van der Waals surface area contributed by atoms with Gasteiger partial charge in [-0.15, -0.1) is 0 Å². The minimum atomic E-state index is -4.87.